The summed E-state index contributed by atoms with van der Waals surface area (Å²) in [5, 5.41) is 0. The minimum absolute atomic E-state index is 0.0788. The van der Waals surface area contributed by atoms with Gasteiger partial charge in [-0.15, -0.1) is 0 Å². The lowest BCUT2D eigenvalue weighted by Gasteiger charge is -2.24. The molecule has 0 saturated carbocycles. The molecule has 0 aliphatic heterocycles. The lowest BCUT2D eigenvalue weighted by atomic mass is 9.92. The Balaban J connectivity index is 2.84. The van der Waals surface area contributed by atoms with Gasteiger partial charge in [-0.25, -0.2) is 0 Å². The maximum Gasteiger partial charge on any atom is 0.0725 e. The van der Waals surface area contributed by atoms with Crippen molar-refractivity contribution < 1.29 is 4.74 Å². The number of aryl methyl sites for hydroxylation is 3. The first kappa shape index (κ1) is 15.2. The largest absolute Gasteiger partial charge is 0.380 e. The van der Waals surface area contributed by atoms with E-state index in [1.54, 1.807) is 7.11 Å². The number of hydrogen-bond acceptors (Lipinski definition) is 2. The summed E-state index contributed by atoms with van der Waals surface area (Å²) in [4.78, 5) is 0. The first-order valence-electron chi connectivity index (χ1n) is 6.84. The zero-order chi connectivity index (χ0) is 13.7. The highest BCUT2D eigenvalue weighted by atomic mass is 16.5. The maximum atomic E-state index is 6.30. The van der Waals surface area contributed by atoms with Crippen LogP contribution in [0.15, 0.2) is 12.1 Å². The van der Waals surface area contributed by atoms with E-state index in [1.165, 1.54) is 22.3 Å². The van der Waals surface area contributed by atoms with Gasteiger partial charge in [-0.1, -0.05) is 31.0 Å². The molecule has 2 nitrogen and oxygen atoms in total. The van der Waals surface area contributed by atoms with Gasteiger partial charge in [-0.05, 0) is 50.3 Å². The average Bonchev–Trinajstić information content (AvgIpc) is 2.30. The van der Waals surface area contributed by atoms with Crippen LogP contribution in [-0.2, 0) is 11.2 Å². The van der Waals surface area contributed by atoms with Crippen LogP contribution in [0.25, 0.3) is 0 Å². The molecule has 1 rings (SSSR count). The molecule has 2 N–H and O–H groups in total. The van der Waals surface area contributed by atoms with Crippen LogP contribution in [0, 0.1) is 20.8 Å². The third-order valence-corrected chi connectivity index (χ3v) is 3.63. The van der Waals surface area contributed by atoms with Gasteiger partial charge in [0, 0.05) is 13.2 Å². The summed E-state index contributed by atoms with van der Waals surface area (Å²) in [7, 11) is 1.76. The Kier molecular flexibility index (Phi) is 5.83. The fraction of sp³-hybridized carbons (Fsp3) is 0.625. The molecule has 0 aliphatic carbocycles. The Hall–Kier alpha value is -0.860. The monoisotopic (exact) mass is 249 g/mol. The average molecular weight is 249 g/mol. The van der Waals surface area contributed by atoms with Crippen molar-refractivity contribution in [2.45, 2.75) is 59.1 Å². The first-order chi connectivity index (χ1) is 8.49. The first-order valence-corrected chi connectivity index (χ1v) is 6.84. The normalized spacial score (nSPS) is 14.6. The predicted molar refractivity (Wildman–Crippen MR) is 78.0 cm³/mol. The minimum Gasteiger partial charge on any atom is -0.380 e. The molecule has 0 bridgehead atoms. The molecule has 2 unspecified atom stereocenters. The Labute approximate surface area is 112 Å². The van der Waals surface area contributed by atoms with Gasteiger partial charge >= 0.3 is 0 Å². The van der Waals surface area contributed by atoms with Gasteiger partial charge in [-0.3, -0.25) is 0 Å². The zero-order valence-corrected chi connectivity index (χ0v) is 12.4. The second-order valence-corrected chi connectivity index (χ2v) is 5.31. The van der Waals surface area contributed by atoms with E-state index in [0.29, 0.717) is 0 Å². The fourth-order valence-electron chi connectivity index (χ4n) is 2.69. The highest BCUT2D eigenvalue weighted by Gasteiger charge is 2.18. The van der Waals surface area contributed by atoms with Crippen LogP contribution in [0.4, 0.5) is 0 Å². The zero-order valence-electron chi connectivity index (χ0n) is 12.4. The van der Waals surface area contributed by atoms with Gasteiger partial charge in [0.05, 0.1) is 6.10 Å². The van der Waals surface area contributed by atoms with E-state index in [-0.39, 0.29) is 12.1 Å². The Morgan fingerprint density at radius 3 is 2.17 bits per heavy atom. The molecule has 0 radical (unpaired) electrons. The summed E-state index contributed by atoms with van der Waals surface area (Å²) in [6.07, 6.45) is 3.20. The number of rotatable bonds is 6. The molecule has 0 aromatic heterocycles. The van der Waals surface area contributed by atoms with Crippen LogP contribution in [0.3, 0.4) is 0 Å². The second-order valence-electron chi connectivity index (χ2n) is 5.31. The summed E-state index contributed by atoms with van der Waals surface area (Å²) in [6.45, 7) is 8.65. The van der Waals surface area contributed by atoms with Crippen molar-refractivity contribution in [1.29, 1.82) is 0 Å². The number of benzene rings is 1. The van der Waals surface area contributed by atoms with Gasteiger partial charge in [0.15, 0.2) is 0 Å². The van der Waals surface area contributed by atoms with Crippen LogP contribution >= 0.6 is 0 Å². The molecule has 0 fully saturated rings. The molecule has 0 saturated heterocycles. The minimum atomic E-state index is 0.0788. The second kappa shape index (κ2) is 6.91. The molecule has 1 aromatic carbocycles. The van der Waals surface area contributed by atoms with Gasteiger partial charge in [0.1, 0.15) is 0 Å². The fourth-order valence-corrected chi connectivity index (χ4v) is 2.69. The highest BCUT2D eigenvalue weighted by Crippen LogP contribution is 2.19. The number of methoxy groups -OCH3 is 1. The van der Waals surface area contributed by atoms with Gasteiger partial charge < -0.3 is 10.5 Å². The van der Waals surface area contributed by atoms with Crippen LogP contribution in [0.5, 0.6) is 0 Å². The van der Waals surface area contributed by atoms with Gasteiger partial charge in [-0.2, -0.15) is 0 Å². The van der Waals surface area contributed by atoms with Crippen molar-refractivity contribution in [1.82, 2.24) is 0 Å². The van der Waals surface area contributed by atoms with Gasteiger partial charge in [0.2, 0.25) is 0 Å². The van der Waals surface area contributed by atoms with Crippen molar-refractivity contribution in [3.8, 4) is 0 Å². The molecule has 0 heterocycles. The maximum absolute atomic E-state index is 6.30. The Morgan fingerprint density at radius 1 is 1.17 bits per heavy atom. The quantitative estimate of drug-likeness (QED) is 0.839. The molecule has 0 aliphatic rings. The number of ether oxygens (including phenoxy) is 1. The standard InChI is InChI=1S/C16H27NO/c1-6-7-16(18-5)15(17)10-14-12(3)8-11(2)9-13(14)4/h8-9,15-16H,6-7,10,17H2,1-5H3. The third-order valence-electron chi connectivity index (χ3n) is 3.63. The molecule has 18 heavy (non-hydrogen) atoms. The smallest absolute Gasteiger partial charge is 0.0725 e. The van der Waals surface area contributed by atoms with E-state index in [9.17, 15) is 0 Å². The summed E-state index contributed by atoms with van der Waals surface area (Å²) >= 11 is 0. The van der Waals surface area contributed by atoms with E-state index in [0.717, 1.165) is 19.3 Å². The lowest BCUT2D eigenvalue weighted by molar-refractivity contribution is 0.0726. The highest BCUT2D eigenvalue weighted by molar-refractivity contribution is 5.38. The predicted octanol–water partition coefficient (Wildman–Crippen LogP) is 3.30. The van der Waals surface area contributed by atoms with Crippen LogP contribution in [-0.4, -0.2) is 19.3 Å². The molecule has 2 atom stereocenters. The summed E-state index contributed by atoms with van der Waals surface area (Å²) in [5.41, 5.74) is 11.7. The van der Waals surface area contributed by atoms with Gasteiger partial charge in [0.25, 0.3) is 0 Å². The van der Waals surface area contributed by atoms with Crippen LogP contribution in [0.2, 0.25) is 0 Å². The van der Waals surface area contributed by atoms with Crippen LogP contribution < -0.4 is 5.73 Å². The molecular formula is C16H27NO. The van der Waals surface area contributed by atoms with Crippen molar-refractivity contribution >= 4 is 0 Å². The van der Waals surface area contributed by atoms with Crippen molar-refractivity contribution in [2.75, 3.05) is 7.11 Å². The van der Waals surface area contributed by atoms with E-state index in [4.69, 9.17) is 10.5 Å². The molecule has 2 heteroatoms. The third kappa shape index (κ3) is 3.82. The summed E-state index contributed by atoms with van der Waals surface area (Å²) < 4.78 is 5.50. The van der Waals surface area contributed by atoms with Crippen LogP contribution in [0.1, 0.15) is 42.0 Å². The summed E-state index contributed by atoms with van der Waals surface area (Å²) in [5.74, 6) is 0. The summed E-state index contributed by atoms with van der Waals surface area (Å²) in [6, 6.07) is 4.54. The van der Waals surface area contributed by atoms with Crippen molar-refractivity contribution in [3.05, 3.63) is 34.4 Å². The van der Waals surface area contributed by atoms with E-state index in [2.05, 4.69) is 39.8 Å². The van der Waals surface area contributed by atoms with Crippen molar-refractivity contribution in [2.24, 2.45) is 5.73 Å². The molecular weight excluding hydrogens is 222 g/mol. The topological polar surface area (TPSA) is 35.2 Å². The van der Waals surface area contributed by atoms with E-state index < -0.39 is 0 Å². The van der Waals surface area contributed by atoms with Crippen molar-refractivity contribution in [3.63, 3.8) is 0 Å². The molecule has 0 amide bonds. The Bertz CT molecular complexity index is 364. The Morgan fingerprint density at radius 2 is 1.72 bits per heavy atom. The van der Waals surface area contributed by atoms with E-state index >= 15 is 0 Å². The molecule has 102 valence electrons. The molecule has 1 aromatic rings. The van der Waals surface area contributed by atoms with E-state index in [1.807, 2.05) is 0 Å². The molecule has 0 spiro atoms. The number of hydrogen-bond donors (Lipinski definition) is 1. The SMILES string of the molecule is CCCC(OC)C(N)Cc1c(C)cc(C)cc1C. The lowest BCUT2D eigenvalue weighted by Crippen LogP contribution is -2.38. The number of nitrogens with two attached hydrogens (primary N) is 1.